The second kappa shape index (κ2) is 7.40. The van der Waals surface area contributed by atoms with Crippen molar-refractivity contribution in [3.63, 3.8) is 0 Å². The second-order valence-corrected chi connectivity index (χ2v) is 8.12. The number of carbonyl (C=O) groups excluding carboxylic acids is 1. The van der Waals surface area contributed by atoms with Gasteiger partial charge in [0, 0.05) is 18.6 Å². The summed E-state index contributed by atoms with van der Waals surface area (Å²) in [6.45, 7) is 2.55. The summed E-state index contributed by atoms with van der Waals surface area (Å²) in [6, 6.07) is 10.1. The first-order chi connectivity index (χ1) is 12.7. The molecule has 1 amide bonds. The van der Waals surface area contributed by atoms with E-state index in [-0.39, 0.29) is 17.4 Å². The zero-order valence-corrected chi connectivity index (χ0v) is 15.8. The summed E-state index contributed by atoms with van der Waals surface area (Å²) in [4.78, 5) is 19.3. The topological polar surface area (TPSA) is 71.3 Å². The molecule has 1 spiro atoms. The van der Waals surface area contributed by atoms with E-state index in [4.69, 9.17) is 4.52 Å². The molecule has 2 fully saturated rings. The molecule has 2 saturated heterocycles. The number of hydrogen-bond donors (Lipinski definition) is 1. The van der Waals surface area contributed by atoms with Crippen molar-refractivity contribution >= 4 is 17.7 Å². The number of amides is 1. The minimum Gasteiger partial charge on any atom is -0.350 e. The van der Waals surface area contributed by atoms with Gasteiger partial charge in [0.15, 0.2) is 5.82 Å². The van der Waals surface area contributed by atoms with Crippen molar-refractivity contribution in [2.75, 3.05) is 19.3 Å². The van der Waals surface area contributed by atoms with Crippen LogP contribution in [0.3, 0.4) is 0 Å². The molecule has 1 N–H and O–H groups in total. The van der Waals surface area contributed by atoms with Gasteiger partial charge in [0.2, 0.25) is 11.8 Å². The normalized spacial score (nSPS) is 22.7. The number of benzene rings is 1. The molecule has 2 aromatic rings. The Morgan fingerprint density at radius 3 is 2.81 bits per heavy atom. The van der Waals surface area contributed by atoms with Gasteiger partial charge in [-0.2, -0.15) is 16.7 Å². The zero-order chi connectivity index (χ0) is 18.0. The smallest absolute Gasteiger partial charge is 0.240 e. The first-order valence-corrected chi connectivity index (χ1v) is 10.5. The first kappa shape index (κ1) is 17.5. The van der Waals surface area contributed by atoms with Crippen molar-refractivity contribution in [2.24, 2.45) is 0 Å². The van der Waals surface area contributed by atoms with Crippen molar-refractivity contribution in [3.8, 4) is 0 Å². The van der Waals surface area contributed by atoms with Gasteiger partial charge in [-0.1, -0.05) is 35.5 Å². The minimum atomic E-state index is -0.0626. The largest absolute Gasteiger partial charge is 0.350 e. The highest BCUT2D eigenvalue weighted by Crippen LogP contribution is 2.39. The number of rotatable bonds is 5. The SMILES string of the molecule is CSCc1noc(CN2CCC3(CC2)C[C@H](c2ccccc2)C(=O)N3)n1. The van der Waals surface area contributed by atoms with Crippen LogP contribution in [0.2, 0.25) is 0 Å². The molecule has 2 aliphatic heterocycles. The first-order valence-electron chi connectivity index (χ1n) is 9.07. The lowest BCUT2D eigenvalue weighted by Gasteiger charge is -2.38. The summed E-state index contributed by atoms with van der Waals surface area (Å²) in [5, 5.41) is 7.31. The van der Waals surface area contributed by atoms with E-state index in [1.54, 1.807) is 11.8 Å². The molecule has 0 saturated carbocycles. The standard InChI is InChI=1S/C19H24N4O2S/c1-26-13-16-20-17(25-22-16)12-23-9-7-19(8-10-23)11-15(18(24)21-19)14-5-3-2-4-6-14/h2-6,15H,7-13H2,1H3,(H,21,24)/t15-/m1/s1. The minimum absolute atomic E-state index is 0.0206. The van der Waals surface area contributed by atoms with Crippen LogP contribution in [0, 0.1) is 0 Å². The van der Waals surface area contributed by atoms with E-state index in [0.29, 0.717) is 12.4 Å². The van der Waals surface area contributed by atoms with E-state index < -0.39 is 0 Å². The van der Waals surface area contributed by atoms with Gasteiger partial charge in [0.05, 0.1) is 18.2 Å². The van der Waals surface area contributed by atoms with Crippen molar-refractivity contribution in [1.29, 1.82) is 0 Å². The molecule has 138 valence electrons. The average molecular weight is 372 g/mol. The molecule has 0 radical (unpaired) electrons. The molecular weight excluding hydrogens is 348 g/mol. The maximum Gasteiger partial charge on any atom is 0.240 e. The number of hydrogen-bond acceptors (Lipinski definition) is 6. The maximum absolute atomic E-state index is 12.5. The highest BCUT2D eigenvalue weighted by Gasteiger charge is 2.46. The van der Waals surface area contributed by atoms with E-state index in [2.05, 4.69) is 32.5 Å². The van der Waals surface area contributed by atoms with Crippen LogP contribution < -0.4 is 5.32 Å². The van der Waals surface area contributed by atoms with E-state index in [9.17, 15) is 4.79 Å². The van der Waals surface area contributed by atoms with Crippen LogP contribution in [0.25, 0.3) is 0 Å². The molecule has 0 aliphatic carbocycles. The molecule has 1 aromatic heterocycles. The fourth-order valence-electron chi connectivity index (χ4n) is 4.04. The van der Waals surface area contributed by atoms with E-state index in [1.807, 2.05) is 24.5 Å². The Kier molecular flexibility index (Phi) is 5.00. The van der Waals surface area contributed by atoms with Gasteiger partial charge in [-0.05, 0) is 31.1 Å². The van der Waals surface area contributed by atoms with E-state index in [1.165, 1.54) is 0 Å². The predicted molar refractivity (Wildman–Crippen MR) is 101 cm³/mol. The van der Waals surface area contributed by atoms with Gasteiger partial charge in [-0.3, -0.25) is 9.69 Å². The number of carbonyl (C=O) groups is 1. The Morgan fingerprint density at radius 2 is 2.08 bits per heavy atom. The van der Waals surface area contributed by atoms with Gasteiger partial charge < -0.3 is 9.84 Å². The van der Waals surface area contributed by atoms with Crippen molar-refractivity contribution in [2.45, 2.75) is 43.0 Å². The van der Waals surface area contributed by atoms with Crippen LogP contribution in [0.1, 0.15) is 42.5 Å². The molecule has 1 aromatic carbocycles. The highest BCUT2D eigenvalue weighted by molar-refractivity contribution is 7.97. The van der Waals surface area contributed by atoms with Gasteiger partial charge in [0.1, 0.15) is 0 Å². The molecule has 3 heterocycles. The van der Waals surface area contributed by atoms with Crippen LogP contribution in [0.5, 0.6) is 0 Å². The molecule has 7 heteroatoms. The quantitative estimate of drug-likeness (QED) is 0.870. The number of likely N-dealkylation sites (tertiary alicyclic amines) is 1. The number of nitrogens with zero attached hydrogens (tertiary/aromatic N) is 3. The Hall–Kier alpha value is -1.86. The van der Waals surface area contributed by atoms with Crippen LogP contribution in [-0.2, 0) is 17.1 Å². The molecule has 0 unspecified atom stereocenters. The second-order valence-electron chi connectivity index (χ2n) is 7.25. The summed E-state index contributed by atoms with van der Waals surface area (Å²) in [5.74, 6) is 2.37. The fourth-order valence-corrected chi connectivity index (χ4v) is 4.41. The lowest BCUT2D eigenvalue weighted by atomic mass is 9.82. The fraction of sp³-hybridized carbons (Fsp3) is 0.526. The summed E-state index contributed by atoms with van der Waals surface area (Å²) in [6.07, 6.45) is 4.85. The summed E-state index contributed by atoms with van der Waals surface area (Å²) in [7, 11) is 0. The average Bonchev–Trinajstić information content (AvgIpc) is 3.23. The number of nitrogens with one attached hydrogen (secondary N) is 1. The van der Waals surface area contributed by atoms with Crippen molar-refractivity contribution < 1.29 is 9.32 Å². The monoisotopic (exact) mass is 372 g/mol. The van der Waals surface area contributed by atoms with Crippen molar-refractivity contribution in [3.05, 3.63) is 47.6 Å². The lowest BCUT2D eigenvalue weighted by Crippen LogP contribution is -2.50. The number of aromatic nitrogens is 2. The summed E-state index contributed by atoms with van der Waals surface area (Å²) < 4.78 is 5.34. The molecule has 1 atom stereocenters. The van der Waals surface area contributed by atoms with Gasteiger partial charge >= 0.3 is 0 Å². The highest BCUT2D eigenvalue weighted by atomic mass is 32.2. The van der Waals surface area contributed by atoms with Crippen molar-refractivity contribution in [1.82, 2.24) is 20.4 Å². The van der Waals surface area contributed by atoms with E-state index >= 15 is 0 Å². The van der Waals surface area contributed by atoms with Crippen LogP contribution in [0.15, 0.2) is 34.9 Å². The van der Waals surface area contributed by atoms with Gasteiger partial charge in [0.25, 0.3) is 0 Å². The summed E-state index contributed by atoms with van der Waals surface area (Å²) in [5.41, 5.74) is 1.06. The van der Waals surface area contributed by atoms with Crippen LogP contribution in [0.4, 0.5) is 0 Å². The number of thioether (sulfide) groups is 1. The van der Waals surface area contributed by atoms with Crippen LogP contribution in [-0.4, -0.2) is 45.8 Å². The Labute approximate surface area is 157 Å². The Bertz CT molecular complexity index is 756. The maximum atomic E-state index is 12.5. The molecular formula is C19H24N4O2S. The third-order valence-electron chi connectivity index (χ3n) is 5.46. The third-order valence-corrected chi connectivity index (χ3v) is 6.00. The zero-order valence-electron chi connectivity index (χ0n) is 15.0. The van der Waals surface area contributed by atoms with Crippen LogP contribution >= 0.6 is 11.8 Å². The Balaban J connectivity index is 1.35. The summed E-state index contributed by atoms with van der Waals surface area (Å²) >= 11 is 1.69. The Morgan fingerprint density at radius 1 is 1.31 bits per heavy atom. The molecule has 6 nitrogen and oxygen atoms in total. The molecule has 0 bridgehead atoms. The van der Waals surface area contributed by atoms with Gasteiger partial charge in [-0.15, -0.1) is 0 Å². The van der Waals surface area contributed by atoms with E-state index in [0.717, 1.165) is 49.5 Å². The van der Waals surface area contributed by atoms with Gasteiger partial charge in [-0.25, -0.2) is 0 Å². The predicted octanol–water partition coefficient (Wildman–Crippen LogP) is 2.57. The third kappa shape index (κ3) is 3.64. The molecule has 26 heavy (non-hydrogen) atoms. The molecule has 2 aliphatic rings. The number of piperidine rings is 1. The molecule has 4 rings (SSSR count). The lowest BCUT2D eigenvalue weighted by molar-refractivity contribution is -0.121.